The number of rotatable bonds is 4. The van der Waals surface area contributed by atoms with Gasteiger partial charge >= 0.3 is 0 Å². The summed E-state index contributed by atoms with van der Waals surface area (Å²) in [6.07, 6.45) is -2.91. The molecule has 1 atom stereocenters. The van der Waals surface area contributed by atoms with Crippen LogP contribution in [-0.2, 0) is 6.54 Å². The number of hydrogen-bond donors (Lipinski definition) is 1. The normalized spacial score (nSPS) is 13.3. The minimum Gasteiger partial charge on any atom is -0.480 e. The highest BCUT2D eigenvalue weighted by Crippen LogP contribution is 2.14. The molecule has 0 aromatic carbocycles. The predicted octanol–water partition coefficient (Wildman–Crippen LogP) is 0.826. The highest BCUT2D eigenvalue weighted by molar-refractivity contribution is 5.20. The molecule has 0 aliphatic heterocycles. The standard InChI is InChI=1S/C8H12F2N2O2/c1-5-3-12(11-8(5)14-2)4-6(13)7(9)10/h3,6-7,13H,4H2,1-2H3. The zero-order chi connectivity index (χ0) is 10.7. The molecule has 0 aliphatic rings. The number of methoxy groups -OCH3 is 1. The molecular formula is C8H12F2N2O2. The van der Waals surface area contributed by atoms with Crippen molar-refractivity contribution in [3.63, 3.8) is 0 Å². The largest absolute Gasteiger partial charge is 0.480 e. The van der Waals surface area contributed by atoms with Gasteiger partial charge in [-0.05, 0) is 6.92 Å². The van der Waals surface area contributed by atoms with Gasteiger partial charge in [0.15, 0.2) is 0 Å². The van der Waals surface area contributed by atoms with Crippen LogP contribution in [0.15, 0.2) is 6.20 Å². The van der Waals surface area contributed by atoms with Crippen LogP contribution in [0.5, 0.6) is 5.88 Å². The molecule has 0 aliphatic carbocycles. The Morgan fingerprint density at radius 1 is 1.64 bits per heavy atom. The van der Waals surface area contributed by atoms with Crippen LogP contribution < -0.4 is 4.74 Å². The van der Waals surface area contributed by atoms with Gasteiger partial charge in [0, 0.05) is 11.8 Å². The second kappa shape index (κ2) is 4.36. The van der Waals surface area contributed by atoms with Crippen molar-refractivity contribution < 1.29 is 18.6 Å². The van der Waals surface area contributed by atoms with Crippen LogP contribution in [0.4, 0.5) is 8.78 Å². The van der Waals surface area contributed by atoms with Gasteiger partial charge in [-0.15, -0.1) is 5.10 Å². The van der Waals surface area contributed by atoms with Gasteiger partial charge in [-0.2, -0.15) is 0 Å². The minimum atomic E-state index is -2.76. The Labute approximate surface area is 80.1 Å². The Hall–Kier alpha value is -1.17. The molecule has 1 rings (SSSR count). The molecule has 1 unspecified atom stereocenters. The van der Waals surface area contributed by atoms with E-state index in [1.165, 1.54) is 11.8 Å². The van der Waals surface area contributed by atoms with Crippen LogP contribution in [0.25, 0.3) is 0 Å². The van der Waals surface area contributed by atoms with Gasteiger partial charge in [-0.1, -0.05) is 0 Å². The second-order valence-electron chi connectivity index (χ2n) is 2.95. The van der Waals surface area contributed by atoms with E-state index in [-0.39, 0.29) is 6.54 Å². The van der Waals surface area contributed by atoms with E-state index in [1.807, 2.05) is 0 Å². The molecule has 14 heavy (non-hydrogen) atoms. The summed E-state index contributed by atoms with van der Waals surface area (Å²) in [5.74, 6) is 0.381. The number of ether oxygens (including phenoxy) is 1. The van der Waals surface area contributed by atoms with Crippen molar-refractivity contribution in [1.82, 2.24) is 9.78 Å². The third-order valence-electron chi connectivity index (χ3n) is 1.76. The summed E-state index contributed by atoms with van der Waals surface area (Å²) in [7, 11) is 1.45. The fourth-order valence-corrected chi connectivity index (χ4v) is 1.07. The molecule has 0 fully saturated rings. The zero-order valence-electron chi connectivity index (χ0n) is 7.94. The summed E-state index contributed by atoms with van der Waals surface area (Å²) in [4.78, 5) is 0. The van der Waals surface area contributed by atoms with E-state index in [0.29, 0.717) is 5.88 Å². The zero-order valence-corrected chi connectivity index (χ0v) is 7.94. The number of alkyl halides is 2. The SMILES string of the molecule is COc1nn(CC(O)C(F)F)cc1C. The lowest BCUT2D eigenvalue weighted by molar-refractivity contribution is -0.0155. The fourth-order valence-electron chi connectivity index (χ4n) is 1.07. The number of aryl methyl sites for hydroxylation is 1. The lowest BCUT2D eigenvalue weighted by atomic mass is 10.3. The fraction of sp³-hybridized carbons (Fsp3) is 0.625. The van der Waals surface area contributed by atoms with Gasteiger partial charge in [0.1, 0.15) is 6.10 Å². The summed E-state index contributed by atoms with van der Waals surface area (Å²) < 4.78 is 30.1. The Balaban J connectivity index is 2.68. The molecule has 1 aromatic rings. The average Bonchev–Trinajstić information content (AvgIpc) is 2.45. The van der Waals surface area contributed by atoms with E-state index < -0.39 is 12.5 Å². The first-order valence-electron chi connectivity index (χ1n) is 4.09. The molecule has 0 spiro atoms. The molecule has 0 saturated heterocycles. The van der Waals surface area contributed by atoms with Crippen LogP contribution in [0.3, 0.4) is 0 Å². The van der Waals surface area contributed by atoms with Crippen LogP contribution in [0, 0.1) is 6.92 Å². The molecule has 4 nitrogen and oxygen atoms in total. The second-order valence-corrected chi connectivity index (χ2v) is 2.95. The first-order valence-corrected chi connectivity index (χ1v) is 4.09. The average molecular weight is 206 g/mol. The molecule has 80 valence electrons. The summed E-state index contributed by atoms with van der Waals surface area (Å²) in [6, 6.07) is 0. The van der Waals surface area contributed by atoms with E-state index in [0.717, 1.165) is 5.56 Å². The van der Waals surface area contributed by atoms with E-state index in [1.54, 1.807) is 13.1 Å². The molecule has 0 amide bonds. The van der Waals surface area contributed by atoms with E-state index >= 15 is 0 Å². The number of aromatic nitrogens is 2. The highest BCUT2D eigenvalue weighted by Gasteiger charge is 2.18. The van der Waals surface area contributed by atoms with Gasteiger partial charge in [0.2, 0.25) is 5.88 Å². The van der Waals surface area contributed by atoms with Gasteiger partial charge in [0.25, 0.3) is 6.43 Å². The molecule has 6 heteroatoms. The summed E-state index contributed by atoms with van der Waals surface area (Å²) in [5.41, 5.74) is 0.744. The Morgan fingerprint density at radius 3 is 2.71 bits per heavy atom. The van der Waals surface area contributed by atoms with Crippen molar-refractivity contribution in [2.75, 3.05) is 7.11 Å². The highest BCUT2D eigenvalue weighted by atomic mass is 19.3. The van der Waals surface area contributed by atoms with Crippen LogP contribution in [-0.4, -0.2) is 34.5 Å². The van der Waals surface area contributed by atoms with E-state index in [2.05, 4.69) is 5.10 Å². The van der Waals surface area contributed by atoms with Gasteiger partial charge in [-0.25, -0.2) is 8.78 Å². The maximum absolute atomic E-state index is 12.0. The first-order chi connectivity index (χ1) is 6.54. The number of aliphatic hydroxyl groups is 1. The third-order valence-corrected chi connectivity index (χ3v) is 1.76. The van der Waals surface area contributed by atoms with Crippen molar-refractivity contribution >= 4 is 0 Å². The predicted molar refractivity (Wildman–Crippen MR) is 45.5 cm³/mol. The maximum atomic E-state index is 12.0. The van der Waals surface area contributed by atoms with Crippen LogP contribution >= 0.6 is 0 Å². The van der Waals surface area contributed by atoms with Crippen LogP contribution in [0.2, 0.25) is 0 Å². The minimum absolute atomic E-state index is 0.234. The van der Waals surface area contributed by atoms with E-state index in [9.17, 15) is 8.78 Å². The maximum Gasteiger partial charge on any atom is 0.265 e. The summed E-state index contributed by atoms with van der Waals surface area (Å²) in [6.45, 7) is 1.51. The summed E-state index contributed by atoms with van der Waals surface area (Å²) in [5, 5.41) is 12.8. The molecular weight excluding hydrogens is 194 g/mol. The number of halogens is 2. The molecule has 0 radical (unpaired) electrons. The number of hydrogen-bond acceptors (Lipinski definition) is 3. The topological polar surface area (TPSA) is 47.3 Å². The Morgan fingerprint density at radius 2 is 2.29 bits per heavy atom. The van der Waals surface area contributed by atoms with Crippen molar-refractivity contribution in [1.29, 1.82) is 0 Å². The molecule has 1 heterocycles. The molecule has 1 N–H and O–H groups in total. The van der Waals surface area contributed by atoms with Crippen molar-refractivity contribution in [2.45, 2.75) is 26.0 Å². The molecule has 0 saturated carbocycles. The van der Waals surface area contributed by atoms with Crippen molar-refractivity contribution in [2.24, 2.45) is 0 Å². The molecule has 0 bridgehead atoms. The monoisotopic (exact) mass is 206 g/mol. The van der Waals surface area contributed by atoms with Crippen molar-refractivity contribution in [3.8, 4) is 5.88 Å². The quantitative estimate of drug-likeness (QED) is 0.793. The Kier molecular flexibility index (Phi) is 3.40. The van der Waals surface area contributed by atoms with Gasteiger partial charge in [-0.3, -0.25) is 4.68 Å². The van der Waals surface area contributed by atoms with Gasteiger partial charge in [0.05, 0.1) is 13.7 Å². The lowest BCUT2D eigenvalue weighted by Gasteiger charge is -2.08. The Bertz CT molecular complexity index is 302. The van der Waals surface area contributed by atoms with Crippen molar-refractivity contribution in [3.05, 3.63) is 11.8 Å². The smallest absolute Gasteiger partial charge is 0.265 e. The number of aliphatic hydroxyl groups excluding tert-OH is 1. The third kappa shape index (κ3) is 2.41. The van der Waals surface area contributed by atoms with Gasteiger partial charge < -0.3 is 9.84 Å². The van der Waals surface area contributed by atoms with Crippen LogP contribution in [0.1, 0.15) is 5.56 Å². The first kappa shape index (κ1) is 10.9. The van der Waals surface area contributed by atoms with E-state index in [4.69, 9.17) is 9.84 Å². The lowest BCUT2D eigenvalue weighted by Crippen LogP contribution is -2.24. The molecule has 1 aromatic heterocycles. The number of nitrogens with zero attached hydrogens (tertiary/aromatic N) is 2. The summed E-state index contributed by atoms with van der Waals surface area (Å²) >= 11 is 0.